The van der Waals surface area contributed by atoms with Crippen LogP contribution in [0.2, 0.25) is 0 Å². The molecule has 0 aliphatic rings. The van der Waals surface area contributed by atoms with Gasteiger partial charge in [0.2, 0.25) is 0 Å². The molecule has 0 saturated carbocycles. The summed E-state index contributed by atoms with van der Waals surface area (Å²) in [6.45, 7) is 3.94. The predicted molar refractivity (Wildman–Crippen MR) is 70.2 cm³/mol. The zero-order valence-electron chi connectivity index (χ0n) is 10.4. The summed E-state index contributed by atoms with van der Waals surface area (Å²) in [7, 11) is 0. The number of aromatic carboxylic acids is 1. The van der Waals surface area contributed by atoms with Crippen LogP contribution in [0.15, 0.2) is 35.1 Å². The zero-order chi connectivity index (χ0) is 13.3. The lowest BCUT2D eigenvalue weighted by atomic mass is 10.1. The molecule has 18 heavy (non-hydrogen) atoms. The Morgan fingerprint density at radius 3 is 2.67 bits per heavy atom. The van der Waals surface area contributed by atoms with Gasteiger partial charge in [-0.1, -0.05) is 19.1 Å². The average Bonchev–Trinajstić information content (AvgIpc) is 2.37. The zero-order valence-corrected chi connectivity index (χ0v) is 10.4. The Hall–Kier alpha value is -2.10. The molecule has 0 bridgehead atoms. The van der Waals surface area contributed by atoms with Crippen LogP contribution in [0.1, 0.15) is 36.8 Å². The van der Waals surface area contributed by atoms with Gasteiger partial charge in [0.25, 0.3) is 0 Å². The molecule has 1 unspecified atom stereocenters. The summed E-state index contributed by atoms with van der Waals surface area (Å²) < 4.78 is 1.72. The van der Waals surface area contributed by atoms with Gasteiger partial charge in [-0.05, 0) is 25.5 Å². The molecule has 1 heterocycles. The van der Waals surface area contributed by atoms with Gasteiger partial charge in [0, 0.05) is 17.5 Å². The number of fused-ring (bicyclic) bond motifs is 1. The molecule has 4 heteroatoms. The predicted octanol–water partition coefficient (Wildman–Crippen LogP) is 2.67. The molecule has 0 amide bonds. The van der Waals surface area contributed by atoms with Crippen LogP contribution in [-0.2, 0) is 0 Å². The second-order valence-corrected chi connectivity index (χ2v) is 4.34. The molecular formula is C14H15NO3. The summed E-state index contributed by atoms with van der Waals surface area (Å²) >= 11 is 0. The van der Waals surface area contributed by atoms with Crippen molar-refractivity contribution in [2.45, 2.75) is 26.3 Å². The summed E-state index contributed by atoms with van der Waals surface area (Å²) in [5.41, 5.74) is 0.479. The quantitative estimate of drug-likeness (QED) is 0.904. The van der Waals surface area contributed by atoms with E-state index in [1.807, 2.05) is 19.9 Å². The van der Waals surface area contributed by atoms with E-state index < -0.39 is 5.97 Å². The molecule has 1 atom stereocenters. The highest BCUT2D eigenvalue weighted by Crippen LogP contribution is 2.20. The number of pyridine rings is 1. The van der Waals surface area contributed by atoms with Gasteiger partial charge in [0.05, 0.1) is 5.52 Å². The van der Waals surface area contributed by atoms with E-state index in [4.69, 9.17) is 0 Å². The Morgan fingerprint density at radius 1 is 1.39 bits per heavy atom. The Bertz CT molecular complexity index is 658. The van der Waals surface area contributed by atoms with Crippen LogP contribution in [-0.4, -0.2) is 15.6 Å². The van der Waals surface area contributed by atoms with Gasteiger partial charge in [0.15, 0.2) is 5.43 Å². The minimum absolute atomic E-state index is 0.0293. The number of hydrogen-bond acceptors (Lipinski definition) is 2. The van der Waals surface area contributed by atoms with Gasteiger partial charge in [-0.15, -0.1) is 0 Å². The SMILES string of the molecule is CCC(C)n1c(C(=O)O)cc(=O)c2ccccc21. The third-order valence-electron chi connectivity index (χ3n) is 3.21. The van der Waals surface area contributed by atoms with Crippen molar-refractivity contribution in [2.75, 3.05) is 0 Å². The molecule has 1 aromatic heterocycles. The van der Waals surface area contributed by atoms with Crippen molar-refractivity contribution in [3.63, 3.8) is 0 Å². The molecule has 0 saturated heterocycles. The van der Waals surface area contributed by atoms with E-state index >= 15 is 0 Å². The normalized spacial score (nSPS) is 12.6. The number of aromatic nitrogens is 1. The Kier molecular flexibility index (Phi) is 3.19. The van der Waals surface area contributed by atoms with Crippen molar-refractivity contribution in [3.8, 4) is 0 Å². The lowest BCUT2D eigenvalue weighted by molar-refractivity contribution is 0.0682. The average molecular weight is 245 g/mol. The molecule has 0 fully saturated rings. The number of rotatable bonds is 3. The van der Waals surface area contributed by atoms with Crippen LogP contribution < -0.4 is 5.43 Å². The molecule has 94 valence electrons. The van der Waals surface area contributed by atoms with Crippen molar-refractivity contribution in [3.05, 3.63) is 46.2 Å². The first-order valence-electron chi connectivity index (χ1n) is 5.93. The smallest absolute Gasteiger partial charge is 0.352 e. The summed E-state index contributed by atoms with van der Waals surface area (Å²) in [5, 5.41) is 9.79. The van der Waals surface area contributed by atoms with Gasteiger partial charge in [0.1, 0.15) is 5.69 Å². The first-order valence-corrected chi connectivity index (χ1v) is 5.93. The second-order valence-electron chi connectivity index (χ2n) is 4.34. The molecule has 0 aliphatic carbocycles. The van der Waals surface area contributed by atoms with Crippen LogP contribution in [0.4, 0.5) is 0 Å². The molecule has 0 radical (unpaired) electrons. The number of carboxylic acids is 1. The lowest BCUT2D eigenvalue weighted by Gasteiger charge is -2.20. The minimum Gasteiger partial charge on any atom is -0.477 e. The van der Waals surface area contributed by atoms with Crippen LogP contribution in [0.3, 0.4) is 0 Å². The summed E-state index contributed by atoms with van der Waals surface area (Å²) in [5.74, 6) is -1.07. The van der Waals surface area contributed by atoms with E-state index in [1.165, 1.54) is 6.07 Å². The van der Waals surface area contributed by atoms with Gasteiger partial charge < -0.3 is 9.67 Å². The van der Waals surface area contributed by atoms with Crippen LogP contribution in [0.25, 0.3) is 10.9 Å². The van der Waals surface area contributed by atoms with Crippen molar-refractivity contribution >= 4 is 16.9 Å². The van der Waals surface area contributed by atoms with Gasteiger partial charge >= 0.3 is 5.97 Å². The van der Waals surface area contributed by atoms with Crippen LogP contribution in [0.5, 0.6) is 0 Å². The molecule has 2 rings (SSSR count). The summed E-state index contributed by atoms with van der Waals surface area (Å²) in [6, 6.07) is 8.34. The van der Waals surface area contributed by atoms with Crippen LogP contribution >= 0.6 is 0 Å². The fraction of sp³-hybridized carbons (Fsp3) is 0.286. The van der Waals surface area contributed by atoms with E-state index in [-0.39, 0.29) is 17.2 Å². The fourth-order valence-corrected chi connectivity index (χ4v) is 2.12. The van der Waals surface area contributed by atoms with E-state index in [0.29, 0.717) is 10.9 Å². The topological polar surface area (TPSA) is 59.3 Å². The van der Waals surface area contributed by atoms with E-state index in [2.05, 4.69) is 0 Å². The molecule has 0 aliphatic heterocycles. The molecular weight excluding hydrogens is 230 g/mol. The largest absolute Gasteiger partial charge is 0.477 e. The number of para-hydroxylation sites is 1. The van der Waals surface area contributed by atoms with E-state index in [1.54, 1.807) is 22.8 Å². The summed E-state index contributed by atoms with van der Waals surface area (Å²) in [4.78, 5) is 23.2. The maximum absolute atomic E-state index is 11.9. The minimum atomic E-state index is -1.07. The van der Waals surface area contributed by atoms with Crippen molar-refractivity contribution in [1.29, 1.82) is 0 Å². The van der Waals surface area contributed by atoms with Gasteiger partial charge in [-0.25, -0.2) is 4.79 Å². The monoisotopic (exact) mass is 245 g/mol. The van der Waals surface area contributed by atoms with Crippen molar-refractivity contribution < 1.29 is 9.90 Å². The number of hydrogen-bond donors (Lipinski definition) is 1. The van der Waals surface area contributed by atoms with E-state index in [0.717, 1.165) is 6.42 Å². The highest BCUT2D eigenvalue weighted by Gasteiger charge is 2.17. The molecule has 2 aromatic rings. The number of benzene rings is 1. The molecule has 1 aromatic carbocycles. The van der Waals surface area contributed by atoms with Gasteiger partial charge in [-0.3, -0.25) is 4.79 Å². The molecule has 1 N–H and O–H groups in total. The van der Waals surface area contributed by atoms with Crippen LogP contribution in [0, 0.1) is 0 Å². The molecule has 4 nitrogen and oxygen atoms in total. The number of carbonyl (C=O) groups is 1. The fourth-order valence-electron chi connectivity index (χ4n) is 2.12. The third-order valence-corrected chi connectivity index (χ3v) is 3.21. The summed E-state index contributed by atoms with van der Waals surface area (Å²) in [6.07, 6.45) is 0.799. The molecule has 0 spiro atoms. The highest BCUT2D eigenvalue weighted by molar-refractivity contribution is 5.90. The van der Waals surface area contributed by atoms with Crippen molar-refractivity contribution in [2.24, 2.45) is 0 Å². The second kappa shape index (κ2) is 4.64. The lowest BCUT2D eigenvalue weighted by Crippen LogP contribution is -2.20. The Labute approximate surface area is 104 Å². The number of nitrogens with zero attached hydrogens (tertiary/aromatic N) is 1. The maximum atomic E-state index is 11.9. The van der Waals surface area contributed by atoms with Crippen molar-refractivity contribution in [1.82, 2.24) is 4.57 Å². The van der Waals surface area contributed by atoms with Gasteiger partial charge in [-0.2, -0.15) is 0 Å². The number of carboxylic acid groups (broad SMARTS) is 1. The Balaban J connectivity index is 2.93. The highest BCUT2D eigenvalue weighted by atomic mass is 16.4. The standard InChI is InChI=1S/C14H15NO3/c1-3-9(2)15-11-7-5-4-6-10(11)13(16)8-12(15)14(17)18/h4-9H,3H2,1-2H3,(H,17,18). The maximum Gasteiger partial charge on any atom is 0.352 e. The first kappa shape index (κ1) is 12.4. The van der Waals surface area contributed by atoms with E-state index in [9.17, 15) is 14.7 Å². The Morgan fingerprint density at radius 2 is 2.06 bits per heavy atom. The third kappa shape index (κ3) is 1.90. The first-order chi connectivity index (χ1) is 8.56.